The molecule has 0 aliphatic carbocycles. The van der Waals surface area contributed by atoms with Crippen LogP contribution in [-0.2, 0) is 13.6 Å². The SMILES string of the molecule is CCCNCc1c(C)nn(C)c1N1CCC(N(C)C)CC1. The van der Waals surface area contributed by atoms with Crippen LogP contribution in [0.2, 0.25) is 0 Å². The smallest absolute Gasteiger partial charge is 0.131 e. The molecule has 1 aromatic rings. The van der Waals surface area contributed by atoms with Gasteiger partial charge in [0.05, 0.1) is 5.69 Å². The van der Waals surface area contributed by atoms with Crippen molar-refractivity contribution in [1.29, 1.82) is 0 Å². The molecule has 0 amide bonds. The maximum Gasteiger partial charge on any atom is 0.131 e. The summed E-state index contributed by atoms with van der Waals surface area (Å²) < 4.78 is 2.06. The molecule has 0 saturated carbocycles. The zero-order valence-corrected chi connectivity index (χ0v) is 14.3. The molecule has 0 unspecified atom stereocenters. The molecule has 1 N–H and O–H groups in total. The van der Waals surface area contributed by atoms with Crippen molar-refractivity contribution in [3.8, 4) is 0 Å². The summed E-state index contributed by atoms with van der Waals surface area (Å²) in [7, 11) is 6.45. The molecule has 1 aromatic heterocycles. The predicted molar refractivity (Wildman–Crippen MR) is 88.9 cm³/mol. The van der Waals surface area contributed by atoms with E-state index in [0.29, 0.717) is 0 Å². The zero-order chi connectivity index (χ0) is 15.4. The van der Waals surface area contributed by atoms with Crippen molar-refractivity contribution >= 4 is 5.82 Å². The Morgan fingerprint density at radius 3 is 2.52 bits per heavy atom. The van der Waals surface area contributed by atoms with E-state index in [1.807, 2.05) is 0 Å². The molecule has 2 rings (SSSR count). The van der Waals surface area contributed by atoms with Crippen molar-refractivity contribution in [2.75, 3.05) is 38.6 Å². The van der Waals surface area contributed by atoms with Gasteiger partial charge >= 0.3 is 0 Å². The highest BCUT2D eigenvalue weighted by Gasteiger charge is 2.25. The van der Waals surface area contributed by atoms with Gasteiger partial charge in [0.25, 0.3) is 0 Å². The fourth-order valence-corrected chi connectivity index (χ4v) is 3.28. The van der Waals surface area contributed by atoms with Gasteiger partial charge in [-0.05, 0) is 46.8 Å². The maximum absolute atomic E-state index is 4.64. The van der Waals surface area contributed by atoms with Crippen LogP contribution < -0.4 is 10.2 Å². The van der Waals surface area contributed by atoms with Gasteiger partial charge in [0.2, 0.25) is 0 Å². The maximum atomic E-state index is 4.64. The van der Waals surface area contributed by atoms with Crippen LogP contribution in [0.15, 0.2) is 0 Å². The lowest BCUT2D eigenvalue weighted by molar-refractivity contribution is 0.249. The first kappa shape index (κ1) is 16.3. The van der Waals surface area contributed by atoms with Crippen molar-refractivity contribution in [2.24, 2.45) is 7.05 Å². The number of nitrogens with zero attached hydrogens (tertiary/aromatic N) is 4. The quantitative estimate of drug-likeness (QED) is 0.811. The summed E-state index contributed by atoms with van der Waals surface area (Å²) in [6.07, 6.45) is 3.64. The third-order valence-corrected chi connectivity index (χ3v) is 4.54. The first-order valence-corrected chi connectivity index (χ1v) is 8.19. The van der Waals surface area contributed by atoms with Crippen LogP contribution in [0.4, 0.5) is 5.82 Å². The molecule has 0 aromatic carbocycles. The van der Waals surface area contributed by atoms with E-state index in [1.54, 1.807) is 0 Å². The van der Waals surface area contributed by atoms with E-state index in [9.17, 15) is 0 Å². The zero-order valence-electron chi connectivity index (χ0n) is 14.3. The molecule has 5 nitrogen and oxygen atoms in total. The van der Waals surface area contributed by atoms with Gasteiger partial charge in [-0.15, -0.1) is 0 Å². The highest BCUT2D eigenvalue weighted by Crippen LogP contribution is 2.27. The molecule has 21 heavy (non-hydrogen) atoms. The highest BCUT2D eigenvalue weighted by molar-refractivity contribution is 5.50. The van der Waals surface area contributed by atoms with Gasteiger partial charge < -0.3 is 15.1 Å². The minimum Gasteiger partial charge on any atom is -0.356 e. The topological polar surface area (TPSA) is 36.3 Å². The predicted octanol–water partition coefficient (Wildman–Crippen LogP) is 1.76. The Morgan fingerprint density at radius 2 is 1.95 bits per heavy atom. The second-order valence-electron chi connectivity index (χ2n) is 6.37. The van der Waals surface area contributed by atoms with Gasteiger partial charge in [-0.3, -0.25) is 4.68 Å². The van der Waals surface area contributed by atoms with Crippen molar-refractivity contribution in [3.63, 3.8) is 0 Å². The molecule has 5 heteroatoms. The molecule has 1 aliphatic rings. The number of aromatic nitrogens is 2. The Kier molecular flexibility index (Phi) is 5.65. The largest absolute Gasteiger partial charge is 0.356 e. The van der Waals surface area contributed by atoms with E-state index in [2.05, 4.69) is 59.9 Å². The van der Waals surface area contributed by atoms with Crippen LogP contribution in [0.1, 0.15) is 37.4 Å². The summed E-state index contributed by atoms with van der Waals surface area (Å²) in [5.41, 5.74) is 2.53. The number of hydrogen-bond acceptors (Lipinski definition) is 4. The Hall–Kier alpha value is -1.07. The fourth-order valence-electron chi connectivity index (χ4n) is 3.28. The second kappa shape index (κ2) is 7.27. The number of aryl methyl sites for hydroxylation is 2. The summed E-state index contributed by atoms with van der Waals surface area (Å²) in [5.74, 6) is 1.31. The number of anilines is 1. The molecule has 120 valence electrons. The lowest BCUT2D eigenvalue weighted by Crippen LogP contribution is -2.43. The van der Waals surface area contributed by atoms with E-state index >= 15 is 0 Å². The molecule has 1 saturated heterocycles. The van der Waals surface area contributed by atoms with Gasteiger partial charge in [-0.1, -0.05) is 6.92 Å². The first-order chi connectivity index (χ1) is 10.0. The summed E-state index contributed by atoms with van der Waals surface area (Å²) in [6, 6.07) is 0.720. The Bertz CT molecular complexity index is 444. The normalized spacial score (nSPS) is 17.0. The number of rotatable bonds is 6. The second-order valence-corrected chi connectivity index (χ2v) is 6.37. The van der Waals surface area contributed by atoms with E-state index in [-0.39, 0.29) is 0 Å². The van der Waals surface area contributed by atoms with E-state index in [4.69, 9.17) is 0 Å². The third kappa shape index (κ3) is 3.77. The number of piperidine rings is 1. The standard InChI is InChI=1S/C16H31N5/c1-6-9-17-12-15-13(2)18-20(5)16(15)21-10-7-14(8-11-21)19(3)4/h14,17H,6-12H2,1-5H3. The third-order valence-electron chi connectivity index (χ3n) is 4.54. The van der Waals surface area contributed by atoms with Gasteiger partial charge in [-0.2, -0.15) is 5.10 Å². The van der Waals surface area contributed by atoms with Crippen LogP contribution >= 0.6 is 0 Å². The number of nitrogens with one attached hydrogen (secondary N) is 1. The van der Waals surface area contributed by atoms with Gasteiger partial charge in [0, 0.05) is 38.3 Å². The van der Waals surface area contributed by atoms with Gasteiger partial charge in [0.15, 0.2) is 0 Å². The minimum atomic E-state index is 0.720. The lowest BCUT2D eigenvalue weighted by Gasteiger charge is -2.36. The molecular weight excluding hydrogens is 262 g/mol. The van der Waals surface area contributed by atoms with Crippen LogP contribution in [0, 0.1) is 6.92 Å². The van der Waals surface area contributed by atoms with Crippen molar-refractivity contribution in [3.05, 3.63) is 11.3 Å². The Balaban J connectivity index is 2.08. The molecule has 0 bridgehead atoms. The van der Waals surface area contributed by atoms with Crippen LogP contribution in [0.25, 0.3) is 0 Å². The van der Waals surface area contributed by atoms with Crippen molar-refractivity contribution < 1.29 is 0 Å². The van der Waals surface area contributed by atoms with Gasteiger partial charge in [-0.25, -0.2) is 0 Å². The monoisotopic (exact) mass is 293 g/mol. The summed E-state index contributed by atoms with van der Waals surface area (Å²) in [4.78, 5) is 4.87. The summed E-state index contributed by atoms with van der Waals surface area (Å²) in [6.45, 7) is 8.58. The van der Waals surface area contributed by atoms with Crippen molar-refractivity contribution in [2.45, 2.75) is 45.7 Å². The molecule has 1 fully saturated rings. The van der Waals surface area contributed by atoms with E-state index in [0.717, 1.165) is 37.9 Å². The van der Waals surface area contributed by atoms with Gasteiger partial charge in [0.1, 0.15) is 5.82 Å². The van der Waals surface area contributed by atoms with Crippen LogP contribution in [0.5, 0.6) is 0 Å². The molecule has 1 aliphatic heterocycles. The molecular formula is C16H31N5. The Labute approximate surface area is 129 Å². The molecule has 2 heterocycles. The molecule has 0 spiro atoms. The van der Waals surface area contributed by atoms with E-state index < -0.39 is 0 Å². The summed E-state index contributed by atoms with van der Waals surface area (Å²) in [5, 5.41) is 8.17. The molecule has 0 radical (unpaired) electrons. The highest BCUT2D eigenvalue weighted by atomic mass is 15.4. The van der Waals surface area contributed by atoms with Crippen LogP contribution in [-0.4, -0.2) is 54.5 Å². The first-order valence-electron chi connectivity index (χ1n) is 8.19. The number of hydrogen-bond donors (Lipinski definition) is 1. The average molecular weight is 293 g/mol. The van der Waals surface area contributed by atoms with Crippen molar-refractivity contribution in [1.82, 2.24) is 20.0 Å². The average Bonchev–Trinajstić information content (AvgIpc) is 2.74. The fraction of sp³-hybridized carbons (Fsp3) is 0.812. The lowest BCUT2D eigenvalue weighted by atomic mass is 10.0. The molecule has 0 atom stereocenters. The minimum absolute atomic E-state index is 0.720. The summed E-state index contributed by atoms with van der Waals surface area (Å²) >= 11 is 0. The van der Waals surface area contributed by atoms with Crippen LogP contribution in [0.3, 0.4) is 0 Å². The van der Waals surface area contributed by atoms with E-state index in [1.165, 1.54) is 30.6 Å². The Morgan fingerprint density at radius 1 is 1.29 bits per heavy atom.